The van der Waals surface area contributed by atoms with Crippen molar-refractivity contribution in [2.75, 3.05) is 0 Å². The van der Waals surface area contributed by atoms with E-state index in [0.717, 1.165) is 12.1 Å². The minimum absolute atomic E-state index is 0.119. The topological polar surface area (TPSA) is 57.9 Å². The van der Waals surface area contributed by atoms with Gasteiger partial charge in [0.05, 0.1) is 11.1 Å². The normalized spacial score (nSPS) is 9.21. The first-order chi connectivity index (χ1) is 6.60. The van der Waals surface area contributed by atoms with E-state index >= 15 is 0 Å². The van der Waals surface area contributed by atoms with Gasteiger partial charge in [-0.05, 0) is 19.1 Å². The van der Waals surface area contributed by atoms with E-state index in [4.69, 9.17) is 5.26 Å². The Hall–Kier alpha value is -2.02. The highest BCUT2D eigenvalue weighted by molar-refractivity contribution is 5.96. The van der Waals surface area contributed by atoms with Crippen molar-refractivity contribution in [3.8, 4) is 6.07 Å². The quantitative estimate of drug-likeness (QED) is 0.528. The van der Waals surface area contributed by atoms with Crippen LogP contribution in [-0.2, 0) is 0 Å². The molecule has 0 saturated heterocycles. The zero-order valence-corrected chi connectivity index (χ0v) is 7.37. The number of aldehydes is 1. The molecule has 0 fully saturated rings. The van der Waals surface area contributed by atoms with Crippen LogP contribution in [0.1, 0.15) is 33.2 Å². The van der Waals surface area contributed by atoms with Gasteiger partial charge in [-0.2, -0.15) is 5.26 Å². The lowest BCUT2D eigenvalue weighted by molar-refractivity contribution is 0.101. The Kier molecular flexibility index (Phi) is 2.73. The van der Waals surface area contributed by atoms with Crippen LogP contribution in [-0.4, -0.2) is 12.1 Å². The average Bonchev–Trinajstić information content (AvgIpc) is 2.17. The number of benzene rings is 1. The molecule has 0 aliphatic heterocycles. The van der Waals surface area contributed by atoms with Crippen LogP contribution >= 0.6 is 0 Å². The summed E-state index contributed by atoms with van der Waals surface area (Å²) >= 11 is 0. The molecule has 14 heavy (non-hydrogen) atoms. The van der Waals surface area contributed by atoms with Gasteiger partial charge in [-0.3, -0.25) is 9.59 Å². The third-order valence-corrected chi connectivity index (χ3v) is 1.73. The molecule has 0 unspecified atom stereocenters. The minimum atomic E-state index is -0.870. The number of Topliss-reactive ketones (excluding diaryl/α,β-unsaturated/α-hetero) is 1. The molecule has 1 rings (SSSR count). The molecule has 0 atom stereocenters. The summed E-state index contributed by atoms with van der Waals surface area (Å²) in [5, 5.41) is 8.53. The van der Waals surface area contributed by atoms with Crippen LogP contribution in [0.5, 0.6) is 0 Å². The highest BCUT2D eigenvalue weighted by Crippen LogP contribution is 2.15. The molecule has 0 aliphatic carbocycles. The van der Waals surface area contributed by atoms with Crippen LogP contribution in [0.2, 0.25) is 0 Å². The van der Waals surface area contributed by atoms with Gasteiger partial charge in [0.2, 0.25) is 0 Å². The van der Waals surface area contributed by atoms with Gasteiger partial charge < -0.3 is 0 Å². The van der Waals surface area contributed by atoms with E-state index in [0.29, 0.717) is 6.29 Å². The van der Waals surface area contributed by atoms with E-state index in [1.54, 1.807) is 6.07 Å². The molecule has 1 aromatic rings. The van der Waals surface area contributed by atoms with Gasteiger partial charge in [-0.15, -0.1) is 0 Å². The Morgan fingerprint density at radius 3 is 2.64 bits per heavy atom. The molecule has 0 aromatic heterocycles. The van der Waals surface area contributed by atoms with Crippen LogP contribution in [0.4, 0.5) is 4.39 Å². The van der Waals surface area contributed by atoms with Gasteiger partial charge >= 0.3 is 0 Å². The highest BCUT2D eigenvalue weighted by Gasteiger charge is 2.13. The maximum atomic E-state index is 13.3. The highest BCUT2D eigenvalue weighted by atomic mass is 19.1. The molecule has 0 heterocycles. The molecule has 0 spiro atoms. The Morgan fingerprint density at radius 2 is 2.21 bits per heavy atom. The number of rotatable bonds is 2. The summed E-state index contributed by atoms with van der Waals surface area (Å²) in [6.07, 6.45) is 0.465. The molecule has 1 aromatic carbocycles. The zero-order valence-electron chi connectivity index (χ0n) is 7.37. The predicted octanol–water partition coefficient (Wildman–Crippen LogP) is 1.71. The third kappa shape index (κ3) is 1.67. The van der Waals surface area contributed by atoms with E-state index in [1.807, 2.05) is 0 Å². The van der Waals surface area contributed by atoms with Crippen molar-refractivity contribution in [2.24, 2.45) is 0 Å². The molecular weight excluding hydrogens is 185 g/mol. The molecular formula is C10H6FNO2. The van der Waals surface area contributed by atoms with Crippen molar-refractivity contribution in [2.45, 2.75) is 6.92 Å². The van der Waals surface area contributed by atoms with Crippen LogP contribution in [0.25, 0.3) is 0 Å². The summed E-state index contributed by atoms with van der Waals surface area (Å²) in [5.74, 6) is -1.38. The molecule has 0 saturated carbocycles. The van der Waals surface area contributed by atoms with Gasteiger partial charge in [0, 0.05) is 5.56 Å². The summed E-state index contributed by atoms with van der Waals surface area (Å²) in [6.45, 7) is 1.17. The first kappa shape index (κ1) is 10.1. The summed E-state index contributed by atoms with van der Waals surface area (Å²) in [7, 11) is 0. The van der Waals surface area contributed by atoms with Crippen LogP contribution in [0, 0.1) is 17.1 Å². The van der Waals surface area contributed by atoms with Gasteiger partial charge in [-0.25, -0.2) is 4.39 Å². The fourth-order valence-electron chi connectivity index (χ4n) is 1.05. The Bertz CT molecular complexity index is 446. The van der Waals surface area contributed by atoms with E-state index in [2.05, 4.69) is 0 Å². The fourth-order valence-corrected chi connectivity index (χ4v) is 1.05. The Morgan fingerprint density at radius 1 is 1.57 bits per heavy atom. The summed E-state index contributed by atoms with van der Waals surface area (Å²) in [6, 6.07) is 3.82. The van der Waals surface area contributed by atoms with Gasteiger partial charge in [-0.1, -0.05) is 0 Å². The number of carbonyl (C=O) groups excluding carboxylic acids is 2. The number of nitriles is 1. The van der Waals surface area contributed by atoms with Crippen molar-refractivity contribution in [1.82, 2.24) is 0 Å². The third-order valence-electron chi connectivity index (χ3n) is 1.73. The standard InChI is InChI=1S/C10H6FNO2/c1-6(14)9-3-7(5-13)2-8(4-12)10(9)11/h2-3,5H,1H3. The monoisotopic (exact) mass is 191 g/mol. The number of hydrogen-bond acceptors (Lipinski definition) is 3. The molecule has 70 valence electrons. The Labute approximate surface area is 79.8 Å². The molecule has 0 aliphatic rings. The van der Waals surface area contributed by atoms with Crippen molar-refractivity contribution < 1.29 is 14.0 Å². The van der Waals surface area contributed by atoms with Crippen LogP contribution < -0.4 is 0 Å². The lowest BCUT2D eigenvalue weighted by Crippen LogP contribution is -2.01. The lowest BCUT2D eigenvalue weighted by Gasteiger charge is -2.01. The molecule has 4 heteroatoms. The van der Waals surface area contributed by atoms with Gasteiger partial charge in [0.25, 0.3) is 0 Å². The predicted molar refractivity (Wildman–Crippen MR) is 46.5 cm³/mol. The van der Waals surface area contributed by atoms with Crippen molar-refractivity contribution in [1.29, 1.82) is 5.26 Å². The smallest absolute Gasteiger partial charge is 0.162 e. The number of hydrogen-bond donors (Lipinski definition) is 0. The molecule has 0 radical (unpaired) electrons. The van der Waals surface area contributed by atoms with Crippen molar-refractivity contribution in [3.63, 3.8) is 0 Å². The number of ketones is 1. The van der Waals surface area contributed by atoms with Crippen molar-refractivity contribution in [3.05, 3.63) is 34.6 Å². The average molecular weight is 191 g/mol. The first-order valence-corrected chi connectivity index (χ1v) is 3.80. The largest absolute Gasteiger partial charge is 0.298 e. The van der Waals surface area contributed by atoms with E-state index in [-0.39, 0.29) is 16.7 Å². The van der Waals surface area contributed by atoms with Gasteiger partial charge in [0.1, 0.15) is 12.4 Å². The molecule has 3 nitrogen and oxygen atoms in total. The second-order valence-electron chi connectivity index (χ2n) is 2.72. The lowest BCUT2D eigenvalue weighted by atomic mass is 10.0. The van der Waals surface area contributed by atoms with Gasteiger partial charge in [0.15, 0.2) is 11.6 Å². The van der Waals surface area contributed by atoms with E-state index < -0.39 is 11.6 Å². The molecule has 0 amide bonds. The number of halogens is 1. The SMILES string of the molecule is CC(=O)c1cc(C=O)cc(C#N)c1F. The summed E-state index contributed by atoms with van der Waals surface area (Å²) < 4.78 is 13.3. The first-order valence-electron chi connectivity index (χ1n) is 3.80. The molecule has 0 bridgehead atoms. The number of nitrogens with zero attached hydrogens (tertiary/aromatic N) is 1. The minimum Gasteiger partial charge on any atom is -0.298 e. The summed E-state index contributed by atoms with van der Waals surface area (Å²) in [5.41, 5.74) is -0.404. The summed E-state index contributed by atoms with van der Waals surface area (Å²) in [4.78, 5) is 21.4. The van der Waals surface area contributed by atoms with Crippen LogP contribution in [0.3, 0.4) is 0 Å². The number of carbonyl (C=O) groups is 2. The van der Waals surface area contributed by atoms with E-state index in [1.165, 1.54) is 6.92 Å². The molecule has 0 N–H and O–H groups in total. The second kappa shape index (κ2) is 3.79. The maximum absolute atomic E-state index is 13.3. The zero-order chi connectivity index (χ0) is 10.7. The van der Waals surface area contributed by atoms with E-state index in [9.17, 15) is 14.0 Å². The second-order valence-corrected chi connectivity index (χ2v) is 2.72. The Balaban J connectivity index is 3.51. The fraction of sp³-hybridized carbons (Fsp3) is 0.100. The maximum Gasteiger partial charge on any atom is 0.162 e. The van der Waals surface area contributed by atoms with Crippen molar-refractivity contribution >= 4 is 12.1 Å². The van der Waals surface area contributed by atoms with Crippen LogP contribution in [0.15, 0.2) is 12.1 Å².